The second kappa shape index (κ2) is 7.34. The molecule has 1 saturated carbocycles. The normalized spacial score (nSPS) is 19.8. The number of hydrogen-bond acceptors (Lipinski definition) is 5. The average Bonchev–Trinajstić information content (AvgIpc) is 3.11. The molecular formula is C20H21FN4O2. The molecule has 0 saturated heterocycles. The number of phenolic OH excluding ortho intramolecular Hbond substituents is 1. The highest BCUT2D eigenvalue weighted by Crippen LogP contribution is 2.32. The fraction of sp³-hybridized carbons (Fsp3) is 0.350. The number of benzene rings is 1. The summed E-state index contributed by atoms with van der Waals surface area (Å²) < 4.78 is 21.3. The number of hydrogen-bond donors (Lipinski definition) is 1. The predicted octanol–water partition coefficient (Wildman–Crippen LogP) is 3.91. The van der Waals surface area contributed by atoms with Crippen LogP contribution in [0.2, 0.25) is 0 Å². The average molecular weight is 368 g/mol. The summed E-state index contributed by atoms with van der Waals surface area (Å²) in [7, 11) is 1.84. The van der Waals surface area contributed by atoms with Gasteiger partial charge in [0.1, 0.15) is 18.0 Å². The molecule has 1 N–H and O–H groups in total. The van der Waals surface area contributed by atoms with Crippen molar-refractivity contribution in [1.82, 2.24) is 20.0 Å². The number of rotatable bonds is 4. The number of halogens is 1. The molecule has 1 fully saturated rings. The van der Waals surface area contributed by atoms with Gasteiger partial charge >= 0.3 is 0 Å². The van der Waals surface area contributed by atoms with E-state index in [0.29, 0.717) is 30.0 Å². The molecule has 2 heterocycles. The van der Waals surface area contributed by atoms with Crippen LogP contribution in [-0.2, 0) is 7.05 Å². The Morgan fingerprint density at radius 1 is 1.11 bits per heavy atom. The van der Waals surface area contributed by atoms with E-state index in [1.165, 1.54) is 0 Å². The van der Waals surface area contributed by atoms with E-state index in [4.69, 9.17) is 4.74 Å². The molecule has 7 heteroatoms. The van der Waals surface area contributed by atoms with Crippen LogP contribution in [-0.4, -0.2) is 37.4 Å². The van der Waals surface area contributed by atoms with E-state index in [0.717, 1.165) is 24.0 Å². The second-order valence-corrected chi connectivity index (χ2v) is 6.85. The van der Waals surface area contributed by atoms with E-state index in [2.05, 4.69) is 15.3 Å². The summed E-state index contributed by atoms with van der Waals surface area (Å²) in [6.07, 6.45) is 5.31. The van der Waals surface area contributed by atoms with Crippen molar-refractivity contribution in [3.8, 4) is 34.0 Å². The first-order chi connectivity index (χ1) is 13.1. The van der Waals surface area contributed by atoms with Crippen molar-refractivity contribution in [2.24, 2.45) is 7.05 Å². The highest BCUT2D eigenvalue weighted by molar-refractivity contribution is 5.73. The fourth-order valence-electron chi connectivity index (χ4n) is 3.36. The molecule has 0 amide bonds. The molecular weight excluding hydrogens is 347 g/mol. The van der Waals surface area contributed by atoms with Crippen molar-refractivity contribution in [2.45, 2.75) is 38.0 Å². The molecule has 27 heavy (non-hydrogen) atoms. The van der Waals surface area contributed by atoms with Crippen molar-refractivity contribution in [1.29, 1.82) is 0 Å². The molecule has 2 aromatic heterocycles. The van der Waals surface area contributed by atoms with Crippen molar-refractivity contribution in [3.05, 3.63) is 42.7 Å². The molecule has 0 bridgehead atoms. The molecule has 1 aliphatic carbocycles. The summed E-state index contributed by atoms with van der Waals surface area (Å²) in [5.41, 5.74) is 2.88. The lowest BCUT2D eigenvalue weighted by molar-refractivity contribution is 0.0594. The highest BCUT2D eigenvalue weighted by atomic mass is 19.1. The van der Waals surface area contributed by atoms with Gasteiger partial charge in [0, 0.05) is 30.4 Å². The molecule has 6 nitrogen and oxygen atoms in total. The van der Waals surface area contributed by atoms with Crippen LogP contribution in [0.1, 0.15) is 25.7 Å². The zero-order valence-corrected chi connectivity index (χ0v) is 15.0. The predicted molar refractivity (Wildman–Crippen MR) is 99.1 cm³/mol. The van der Waals surface area contributed by atoms with Gasteiger partial charge in [-0.1, -0.05) is 12.5 Å². The third kappa shape index (κ3) is 3.77. The van der Waals surface area contributed by atoms with E-state index in [9.17, 15) is 9.50 Å². The van der Waals surface area contributed by atoms with Gasteiger partial charge in [-0.05, 0) is 43.0 Å². The number of aromatic hydroxyl groups is 1. The molecule has 2 atom stereocenters. The lowest BCUT2D eigenvalue weighted by atomic mass is 9.96. The van der Waals surface area contributed by atoms with Crippen LogP contribution in [0.25, 0.3) is 22.4 Å². The second-order valence-electron chi connectivity index (χ2n) is 6.85. The van der Waals surface area contributed by atoms with Gasteiger partial charge < -0.3 is 9.84 Å². The minimum absolute atomic E-state index is 0.107. The maximum Gasteiger partial charge on any atom is 0.233 e. The Labute approximate surface area is 156 Å². The standard InChI is InChI=1S/C20H21FN4O2/c1-25-12-14(11-22-25)13-6-7-15(18(26)10-13)17-8-9-20(24-23-17)27-19-5-3-2-4-16(19)21/h6-12,16,19,26H,2-5H2,1H3/t16-,19+/m1/s1. The van der Waals surface area contributed by atoms with Gasteiger partial charge in [-0.2, -0.15) is 5.10 Å². The van der Waals surface area contributed by atoms with Gasteiger partial charge in [-0.15, -0.1) is 10.2 Å². The topological polar surface area (TPSA) is 73.1 Å². The lowest BCUT2D eigenvalue weighted by Gasteiger charge is -2.25. The van der Waals surface area contributed by atoms with Crippen LogP contribution >= 0.6 is 0 Å². The minimum Gasteiger partial charge on any atom is -0.507 e. The Balaban J connectivity index is 1.51. The Morgan fingerprint density at radius 2 is 1.96 bits per heavy atom. The molecule has 3 aromatic rings. The first-order valence-corrected chi connectivity index (χ1v) is 9.07. The smallest absolute Gasteiger partial charge is 0.233 e. The third-order valence-corrected chi connectivity index (χ3v) is 4.85. The summed E-state index contributed by atoms with van der Waals surface area (Å²) >= 11 is 0. The number of ether oxygens (including phenoxy) is 1. The van der Waals surface area contributed by atoms with Crippen molar-refractivity contribution < 1.29 is 14.2 Å². The van der Waals surface area contributed by atoms with Gasteiger partial charge in [0.2, 0.25) is 5.88 Å². The quantitative estimate of drug-likeness (QED) is 0.756. The van der Waals surface area contributed by atoms with Crippen LogP contribution in [0.5, 0.6) is 11.6 Å². The fourth-order valence-corrected chi connectivity index (χ4v) is 3.36. The van der Waals surface area contributed by atoms with Gasteiger partial charge in [-0.25, -0.2) is 4.39 Å². The Bertz CT molecular complexity index is 926. The van der Waals surface area contributed by atoms with Gasteiger partial charge in [0.25, 0.3) is 0 Å². The molecule has 0 radical (unpaired) electrons. The highest BCUT2D eigenvalue weighted by Gasteiger charge is 2.26. The molecule has 0 unspecified atom stereocenters. The lowest BCUT2D eigenvalue weighted by Crippen LogP contribution is -2.32. The number of nitrogens with zero attached hydrogens (tertiary/aromatic N) is 4. The van der Waals surface area contributed by atoms with Crippen LogP contribution in [0.15, 0.2) is 42.7 Å². The zero-order valence-electron chi connectivity index (χ0n) is 15.0. The van der Waals surface area contributed by atoms with Crippen LogP contribution < -0.4 is 4.74 Å². The number of phenols is 1. The number of aromatic nitrogens is 4. The van der Waals surface area contributed by atoms with Gasteiger partial charge in [0.15, 0.2) is 0 Å². The first-order valence-electron chi connectivity index (χ1n) is 9.07. The maximum absolute atomic E-state index is 13.9. The van der Waals surface area contributed by atoms with Crippen molar-refractivity contribution >= 4 is 0 Å². The van der Waals surface area contributed by atoms with Crippen LogP contribution in [0.3, 0.4) is 0 Å². The SMILES string of the molecule is Cn1cc(-c2ccc(-c3ccc(O[C@H]4CCCC[C@H]4F)nn3)c(O)c2)cn1. The summed E-state index contributed by atoms with van der Waals surface area (Å²) in [6, 6.07) is 8.75. The van der Waals surface area contributed by atoms with E-state index >= 15 is 0 Å². The third-order valence-electron chi connectivity index (χ3n) is 4.85. The number of aryl methyl sites for hydroxylation is 1. The van der Waals surface area contributed by atoms with Crippen LogP contribution in [0.4, 0.5) is 4.39 Å². The summed E-state index contributed by atoms with van der Waals surface area (Å²) in [6.45, 7) is 0. The molecule has 0 aliphatic heterocycles. The van der Waals surface area contributed by atoms with Crippen molar-refractivity contribution in [2.75, 3.05) is 0 Å². The molecule has 140 valence electrons. The summed E-state index contributed by atoms with van der Waals surface area (Å²) in [4.78, 5) is 0. The molecule has 4 rings (SSSR count). The maximum atomic E-state index is 13.9. The Hall–Kier alpha value is -2.96. The van der Waals surface area contributed by atoms with Crippen molar-refractivity contribution in [3.63, 3.8) is 0 Å². The van der Waals surface area contributed by atoms with E-state index < -0.39 is 12.3 Å². The monoisotopic (exact) mass is 368 g/mol. The van der Waals surface area contributed by atoms with Crippen LogP contribution in [0, 0.1) is 0 Å². The van der Waals surface area contributed by atoms with E-state index in [-0.39, 0.29) is 5.75 Å². The largest absolute Gasteiger partial charge is 0.507 e. The van der Waals surface area contributed by atoms with E-state index in [1.54, 1.807) is 35.1 Å². The molecule has 1 aliphatic rings. The summed E-state index contributed by atoms with van der Waals surface area (Å²) in [5.74, 6) is 0.412. The zero-order chi connectivity index (χ0) is 18.8. The molecule has 1 aromatic carbocycles. The first kappa shape index (κ1) is 17.5. The van der Waals surface area contributed by atoms with Gasteiger partial charge in [0.05, 0.1) is 11.9 Å². The number of alkyl halides is 1. The van der Waals surface area contributed by atoms with Gasteiger partial charge in [-0.3, -0.25) is 4.68 Å². The Kier molecular flexibility index (Phi) is 4.75. The summed E-state index contributed by atoms with van der Waals surface area (Å²) in [5, 5.41) is 22.7. The van der Waals surface area contributed by atoms with E-state index in [1.807, 2.05) is 19.3 Å². The minimum atomic E-state index is -0.954. The Morgan fingerprint density at radius 3 is 2.63 bits per heavy atom. The molecule has 0 spiro atoms.